The number of pyridine rings is 1. The van der Waals surface area contributed by atoms with E-state index in [1.807, 2.05) is 43.3 Å². The van der Waals surface area contributed by atoms with Gasteiger partial charge in [0, 0.05) is 44.5 Å². The summed E-state index contributed by atoms with van der Waals surface area (Å²) in [5.74, 6) is 1.52. The number of nitrogens with zero attached hydrogens (tertiary/aromatic N) is 3. The van der Waals surface area contributed by atoms with Gasteiger partial charge in [0.2, 0.25) is 0 Å². The van der Waals surface area contributed by atoms with Crippen molar-refractivity contribution in [3.05, 3.63) is 58.7 Å². The summed E-state index contributed by atoms with van der Waals surface area (Å²) in [5, 5.41) is 10.1. The Morgan fingerprint density at radius 2 is 2.07 bits per heavy atom. The van der Waals surface area contributed by atoms with Crippen LogP contribution >= 0.6 is 35.6 Å². The molecule has 3 N–H and O–H groups in total. The van der Waals surface area contributed by atoms with Gasteiger partial charge in [-0.15, -0.1) is 24.0 Å². The summed E-state index contributed by atoms with van der Waals surface area (Å²) in [7, 11) is 1.63. The quantitative estimate of drug-likeness (QED) is 0.297. The summed E-state index contributed by atoms with van der Waals surface area (Å²) < 4.78 is 0. The minimum atomic E-state index is -0.0890. The molecule has 0 radical (unpaired) electrons. The van der Waals surface area contributed by atoms with E-state index in [9.17, 15) is 4.79 Å². The van der Waals surface area contributed by atoms with E-state index < -0.39 is 0 Å². The molecule has 0 aliphatic carbocycles. The molecule has 0 saturated carbocycles. The maximum Gasteiger partial charge on any atom is 0.251 e. The van der Waals surface area contributed by atoms with Crippen LogP contribution in [0.5, 0.6) is 0 Å². The van der Waals surface area contributed by atoms with Crippen molar-refractivity contribution >= 4 is 53.3 Å². The molecule has 2 heterocycles. The summed E-state index contributed by atoms with van der Waals surface area (Å²) in [6.45, 7) is 5.08. The number of carbonyl (C=O) groups excluding carboxylic acids is 1. The van der Waals surface area contributed by atoms with Crippen molar-refractivity contribution in [2.75, 3.05) is 31.6 Å². The van der Waals surface area contributed by atoms with E-state index in [0.717, 1.165) is 43.4 Å². The molecule has 0 spiro atoms. The second-order valence-corrected chi connectivity index (χ2v) is 7.26. The lowest BCUT2D eigenvalue weighted by molar-refractivity contribution is 0.0963. The van der Waals surface area contributed by atoms with Crippen molar-refractivity contribution in [1.82, 2.24) is 20.9 Å². The van der Waals surface area contributed by atoms with Gasteiger partial charge in [-0.05, 0) is 43.2 Å². The molecule has 9 heteroatoms. The number of rotatable bonds is 6. The summed E-state index contributed by atoms with van der Waals surface area (Å²) in [5.41, 5.74) is 1.69. The Morgan fingerprint density at radius 3 is 2.73 bits per heavy atom. The average Bonchev–Trinajstić information content (AvgIpc) is 3.20. The van der Waals surface area contributed by atoms with Gasteiger partial charge in [-0.2, -0.15) is 0 Å². The van der Waals surface area contributed by atoms with Gasteiger partial charge in [0.25, 0.3) is 5.91 Å². The molecule has 1 atom stereocenters. The molecule has 1 saturated heterocycles. The minimum absolute atomic E-state index is 0. The Hall–Kier alpha value is -2.07. The summed E-state index contributed by atoms with van der Waals surface area (Å²) >= 11 is 6.28. The van der Waals surface area contributed by atoms with E-state index in [-0.39, 0.29) is 35.9 Å². The molecule has 3 rings (SSSR count). The number of nitrogens with one attached hydrogen (secondary N) is 3. The van der Waals surface area contributed by atoms with Crippen LogP contribution in [0.15, 0.2) is 47.6 Å². The van der Waals surface area contributed by atoms with E-state index in [1.165, 1.54) is 0 Å². The monoisotopic (exact) mass is 542 g/mol. The van der Waals surface area contributed by atoms with Gasteiger partial charge in [-0.3, -0.25) is 4.79 Å². The van der Waals surface area contributed by atoms with Crippen molar-refractivity contribution in [3.8, 4) is 0 Å². The van der Waals surface area contributed by atoms with Crippen LogP contribution in [-0.2, 0) is 6.54 Å². The fraction of sp³-hybridized carbons (Fsp3) is 0.381. The second kappa shape index (κ2) is 11.9. The van der Waals surface area contributed by atoms with E-state index in [2.05, 4.69) is 25.8 Å². The number of guanidine groups is 1. The van der Waals surface area contributed by atoms with Gasteiger partial charge in [-0.25, -0.2) is 9.98 Å². The largest absolute Gasteiger partial charge is 0.357 e. The number of aromatic nitrogens is 1. The Bertz CT molecular complexity index is 861. The lowest BCUT2D eigenvalue weighted by atomic mass is 10.1. The molecule has 2 aromatic rings. The first-order chi connectivity index (χ1) is 14.1. The number of hydrogen-bond donors (Lipinski definition) is 3. The number of aliphatic imine (C=N–C) groups is 1. The predicted molar refractivity (Wildman–Crippen MR) is 133 cm³/mol. The molecule has 1 aromatic heterocycles. The van der Waals surface area contributed by atoms with Crippen LogP contribution in [0.3, 0.4) is 0 Å². The highest BCUT2D eigenvalue weighted by Gasteiger charge is 2.25. The number of amides is 1. The molecule has 1 amide bonds. The molecule has 1 unspecified atom stereocenters. The van der Waals surface area contributed by atoms with Crippen molar-refractivity contribution in [3.63, 3.8) is 0 Å². The normalized spacial score (nSPS) is 16.0. The smallest absolute Gasteiger partial charge is 0.251 e. The van der Waals surface area contributed by atoms with Gasteiger partial charge in [0.15, 0.2) is 5.96 Å². The Balaban J connectivity index is 0.00000320. The van der Waals surface area contributed by atoms with Gasteiger partial charge in [0.1, 0.15) is 5.82 Å². The van der Waals surface area contributed by atoms with Gasteiger partial charge in [-0.1, -0.05) is 23.7 Å². The van der Waals surface area contributed by atoms with Gasteiger partial charge >= 0.3 is 0 Å². The van der Waals surface area contributed by atoms with Crippen LogP contribution in [0.2, 0.25) is 5.02 Å². The summed E-state index contributed by atoms with van der Waals surface area (Å²) in [4.78, 5) is 22.9. The predicted octanol–water partition coefficient (Wildman–Crippen LogP) is 3.05. The number of halogens is 2. The van der Waals surface area contributed by atoms with Crippen molar-refractivity contribution in [2.45, 2.75) is 25.9 Å². The first-order valence-electron chi connectivity index (χ1n) is 9.82. The number of hydrogen-bond acceptors (Lipinski definition) is 4. The van der Waals surface area contributed by atoms with Crippen LogP contribution in [0.1, 0.15) is 29.3 Å². The highest BCUT2D eigenvalue weighted by molar-refractivity contribution is 14.0. The topological polar surface area (TPSA) is 81.6 Å². The van der Waals surface area contributed by atoms with Crippen LogP contribution in [0, 0.1) is 0 Å². The third-order valence-corrected chi connectivity index (χ3v) is 5.07. The highest BCUT2D eigenvalue weighted by atomic mass is 127. The first kappa shape index (κ1) is 24.2. The Kier molecular flexibility index (Phi) is 9.64. The van der Waals surface area contributed by atoms with Crippen molar-refractivity contribution in [1.29, 1.82) is 0 Å². The number of benzene rings is 1. The molecule has 30 heavy (non-hydrogen) atoms. The number of carbonyl (C=O) groups is 1. The molecule has 1 aliphatic heterocycles. The van der Waals surface area contributed by atoms with Crippen LogP contribution in [-0.4, -0.2) is 49.6 Å². The zero-order valence-corrected chi connectivity index (χ0v) is 20.3. The van der Waals surface area contributed by atoms with E-state index in [0.29, 0.717) is 17.1 Å². The fourth-order valence-corrected chi connectivity index (χ4v) is 3.51. The zero-order valence-electron chi connectivity index (χ0n) is 17.2. The van der Waals surface area contributed by atoms with Gasteiger partial charge < -0.3 is 20.9 Å². The summed E-state index contributed by atoms with van der Waals surface area (Å²) in [6.07, 6.45) is 2.75. The third-order valence-electron chi connectivity index (χ3n) is 4.77. The minimum Gasteiger partial charge on any atom is -0.357 e. The number of anilines is 1. The maximum absolute atomic E-state index is 11.6. The SMILES string of the molecule is CCNC(=NCc1ccc(C(=O)NC)cc1)NC1CCN(c2ncccc2Cl)C1.I. The zero-order chi connectivity index (χ0) is 20.6. The van der Waals surface area contributed by atoms with Crippen LogP contribution < -0.4 is 20.9 Å². The summed E-state index contributed by atoms with van der Waals surface area (Å²) in [6, 6.07) is 11.5. The standard InChI is InChI=1S/C21H27ClN6O.HI/c1-3-24-21(26-13-15-6-8-16(9-7-15)20(29)23-2)27-17-10-12-28(14-17)19-18(22)5-4-11-25-19;/h4-9,11,17H,3,10,12-14H2,1-2H3,(H,23,29)(H2,24,26,27);1H. The molecular formula is C21H28ClIN6O. The lowest BCUT2D eigenvalue weighted by Gasteiger charge is -2.20. The second-order valence-electron chi connectivity index (χ2n) is 6.86. The molecular weight excluding hydrogens is 515 g/mol. The molecule has 162 valence electrons. The van der Waals surface area contributed by atoms with Crippen LogP contribution in [0.25, 0.3) is 0 Å². The van der Waals surface area contributed by atoms with Crippen molar-refractivity contribution < 1.29 is 4.79 Å². The first-order valence-corrected chi connectivity index (χ1v) is 10.2. The molecule has 1 aromatic carbocycles. The van der Waals surface area contributed by atoms with E-state index in [1.54, 1.807) is 13.2 Å². The fourth-order valence-electron chi connectivity index (χ4n) is 3.27. The Labute approximate surface area is 199 Å². The Morgan fingerprint density at radius 1 is 1.30 bits per heavy atom. The molecule has 1 aliphatic rings. The van der Waals surface area contributed by atoms with E-state index in [4.69, 9.17) is 16.6 Å². The van der Waals surface area contributed by atoms with Crippen molar-refractivity contribution in [2.24, 2.45) is 4.99 Å². The third kappa shape index (κ3) is 6.46. The molecule has 0 bridgehead atoms. The average molecular weight is 543 g/mol. The van der Waals surface area contributed by atoms with Gasteiger partial charge in [0.05, 0.1) is 11.6 Å². The lowest BCUT2D eigenvalue weighted by Crippen LogP contribution is -2.44. The highest BCUT2D eigenvalue weighted by Crippen LogP contribution is 2.25. The molecule has 1 fully saturated rings. The van der Waals surface area contributed by atoms with E-state index >= 15 is 0 Å². The van der Waals surface area contributed by atoms with Crippen LogP contribution in [0.4, 0.5) is 5.82 Å². The maximum atomic E-state index is 11.6. The molecule has 7 nitrogen and oxygen atoms in total.